The molecule has 0 spiro atoms. The molecule has 2 fully saturated rings. The van der Waals surface area contributed by atoms with E-state index in [0.29, 0.717) is 5.69 Å². The topological polar surface area (TPSA) is 89.8 Å². The van der Waals surface area contributed by atoms with Crippen molar-refractivity contribution in [2.45, 2.75) is 12.2 Å². The molecule has 4 atom stereocenters. The highest BCUT2D eigenvalue weighted by atomic mass is 16.6. The Kier molecular flexibility index (Phi) is 3.29. The first-order chi connectivity index (χ1) is 13.0. The van der Waals surface area contributed by atoms with Crippen LogP contribution in [0.15, 0.2) is 60.7 Å². The van der Waals surface area contributed by atoms with Crippen LogP contribution in [-0.4, -0.2) is 28.9 Å². The summed E-state index contributed by atoms with van der Waals surface area (Å²) in [5, 5.41) is 10.8. The van der Waals surface area contributed by atoms with Crippen molar-refractivity contribution in [3.05, 3.63) is 70.8 Å². The van der Waals surface area contributed by atoms with Gasteiger partial charge in [0, 0.05) is 12.1 Å². The van der Waals surface area contributed by atoms with Crippen LogP contribution in [0.3, 0.4) is 0 Å². The quantitative estimate of drug-likeness (QED) is 0.362. The SMILES string of the molecule is O=C1[C@@H]2[C@@H](C(=O)N1c1ccc(-c3ccc([N+](=O)[O-])cc3)cc1)[C@H]1C=C[C@H]2O1. The lowest BCUT2D eigenvalue weighted by Gasteiger charge is -2.18. The van der Waals surface area contributed by atoms with Gasteiger partial charge in [-0.3, -0.25) is 19.7 Å². The molecular weight excluding hydrogens is 348 g/mol. The Morgan fingerprint density at radius 2 is 1.30 bits per heavy atom. The number of rotatable bonds is 3. The van der Waals surface area contributed by atoms with E-state index in [-0.39, 0.29) is 29.7 Å². The Balaban J connectivity index is 1.42. The molecule has 134 valence electrons. The van der Waals surface area contributed by atoms with Gasteiger partial charge in [0.25, 0.3) is 5.69 Å². The minimum absolute atomic E-state index is 0.0284. The Bertz CT molecular complexity index is 966. The van der Waals surface area contributed by atoms with Crippen molar-refractivity contribution in [1.29, 1.82) is 0 Å². The van der Waals surface area contributed by atoms with Gasteiger partial charge in [0.05, 0.1) is 34.7 Å². The third-order valence-electron chi connectivity index (χ3n) is 5.45. The molecule has 2 saturated heterocycles. The number of hydrogen-bond acceptors (Lipinski definition) is 5. The third kappa shape index (κ3) is 2.25. The number of carbonyl (C=O) groups is 2. The molecule has 7 heteroatoms. The minimum Gasteiger partial charge on any atom is -0.365 e. The van der Waals surface area contributed by atoms with Gasteiger partial charge in [-0.2, -0.15) is 0 Å². The van der Waals surface area contributed by atoms with Crippen LogP contribution < -0.4 is 4.90 Å². The van der Waals surface area contributed by atoms with Crippen molar-refractivity contribution in [1.82, 2.24) is 0 Å². The first-order valence-corrected chi connectivity index (χ1v) is 8.61. The molecule has 0 aliphatic carbocycles. The van der Waals surface area contributed by atoms with Crippen molar-refractivity contribution < 1.29 is 19.2 Å². The van der Waals surface area contributed by atoms with E-state index in [0.717, 1.165) is 11.1 Å². The molecule has 0 unspecified atom stereocenters. The normalized spacial score (nSPS) is 28.1. The fraction of sp³-hybridized carbons (Fsp3) is 0.200. The van der Waals surface area contributed by atoms with Gasteiger partial charge >= 0.3 is 0 Å². The molecule has 3 aliphatic rings. The van der Waals surface area contributed by atoms with Gasteiger partial charge < -0.3 is 4.74 Å². The zero-order valence-corrected chi connectivity index (χ0v) is 14.0. The van der Waals surface area contributed by atoms with Crippen LogP contribution in [0, 0.1) is 22.0 Å². The van der Waals surface area contributed by atoms with E-state index in [4.69, 9.17) is 4.74 Å². The second-order valence-electron chi connectivity index (χ2n) is 6.86. The number of benzene rings is 2. The molecule has 3 heterocycles. The van der Waals surface area contributed by atoms with Crippen LogP contribution in [0.2, 0.25) is 0 Å². The molecule has 27 heavy (non-hydrogen) atoms. The maximum Gasteiger partial charge on any atom is 0.269 e. The summed E-state index contributed by atoms with van der Waals surface area (Å²) in [6.45, 7) is 0. The summed E-state index contributed by atoms with van der Waals surface area (Å²) in [5.41, 5.74) is 2.22. The maximum absolute atomic E-state index is 12.8. The predicted octanol–water partition coefficient (Wildman–Crippen LogP) is 2.70. The largest absolute Gasteiger partial charge is 0.365 e. The predicted molar refractivity (Wildman–Crippen MR) is 95.8 cm³/mol. The number of amides is 2. The van der Waals surface area contributed by atoms with Crippen molar-refractivity contribution in [2.24, 2.45) is 11.8 Å². The van der Waals surface area contributed by atoms with Gasteiger partial charge in [-0.05, 0) is 35.4 Å². The average Bonchev–Trinajstić information content (AvgIpc) is 3.36. The highest BCUT2D eigenvalue weighted by molar-refractivity contribution is 6.23. The molecular formula is C20H14N2O5. The molecule has 2 bridgehead atoms. The molecule has 0 saturated carbocycles. The van der Waals surface area contributed by atoms with Gasteiger partial charge in [0.1, 0.15) is 0 Å². The second-order valence-corrected chi connectivity index (χ2v) is 6.86. The smallest absolute Gasteiger partial charge is 0.269 e. The standard InChI is InChI=1S/C20H14N2O5/c23-19-17-15-9-10-16(27-15)18(17)20(24)21(19)13-5-1-11(2-6-13)12-3-7-14(8-4-12)22(25)26/h1-10,15-18H/t15-,16-,17+,18+/m1/s1. The Morgan fingerprint density at radius 1 is 0.815 bits per heavy atom. The lowest BCUT2D eigenvalue weighted by molar-refractivity contribution is -0.384. The first-order valence-electron chi connectivity index (χ1n) is 8.61. The summed E-state index contributed by atoms with van der Waals surface area (Å²) in [6.07, 6.45) is 3.11. The van der Waals surface area contributed by atoms with Crippen LogP contribution in [0.4, 0.5) is 11.4 Å². The summed E-state index contributed by atoms with van der Waals surface area (Å²) >= 11 is 0. The van der Waals surface area contributed by atoms with Crippen LogP contribution in [0.25, 0.3) is 11.1 Å². The monoisotopic (exact) mass is 362 g/mol. The number of hydrogen-bond donors (Lipinski definition) is 0. The Labute approximate surface area is 154 Å². The molecule has 7 nitrogen and oxygen atoms in total. The van der Waals surface area contributed by atoms with Crippen molar-refractivity contribution >= 4 is 23.2 Å². The fourth-order valence-electron chi connectivity index (χ4n) is 4.14. The van der Waals surface area contributed by atoms with Crippen molar-refractivity contribution in [3.8, 4) is 11.1 Å². The van der Waals surface area contributed by atoms with Crippen LogP contribution >= 0.6 is 0 Å². The number of nitro groups is 1. The number of nitrogens with zero attached hydrogens (tertiary/aromatic N) is 2. The molecule has 0 radical (unpaired) electrons. The summed E-state index contributed by atoms with van der Waals surface area (Å²) in [4.78, 5) is 37.1. The summed E-state index contributed by atoms with van der Waals surface area (Å²) in [7, 11) is 0. The molecule has 3 aliphatic heterocycles. The maximum atomic E-state index is 12.8. The lowest BCUT2D eigenvalue weighted by atomic mass is 9.85. The summed E-state index contributed by atoms with van der Waals surface area (Å²) in [6, 6.07) is 13.3. The van der Waals surface area contributed by atoms with Crippen LogP contribution in [0.5, 0.6) is 0 Å². The Morgan fingerprint density at radius 3 is 1.78 bits per heavy atom. The first kappa shape index (κ1) is 15.9. The lowest BCUT2D eigenvalue weighted by Crippen LogP contribution is -2.34. The minimum atomic E-state index is -0.444. The molecule has 2 aromatic rings. The van der Waals surface area contributed by atoms with Crippen LogP contribution in [0.1, 0.15) is 0 Å². The Hall–Kier alpha value is -3.32. The number of anilines is 1. The van der Waals surface area contributed by atoms with Gasteiger partial charge in [0.2, 0.25) is 11.8 Å². The number of imide groups is 1. The summed E-state index contributed by atoms with van der Waals surface area (Å²) < 4.78 is 5.64. The van der Waals surface area contributed by atoms with Crippen LogP contribution in [-0.2, 0) is 14.3 Å². The van der Waals surface area contributed by atoms with E-state index >= 15 is 0 Å². The molecule has 2 aromatic carbocycles. The van der Waals surface area contributed by atoms with E-state index in [1.165, 1.54) is 17.0 Å². The van der Waals surface area contributed by atoms with Gasteiger partial charge in [-0.15, -0.1) is 0 Å². The molecule has 0 N–H and O–H groups in total. The van der Waals surface area contributed by atoms with Gasteiger partial charge in [-0.25, -0.2) is 4.90 Å². The molecule has 2 amide bonds. The highest BCUT2D eigenvalue weighted by Gasteiger charge is 2.60. The molecule has 5 rings (SSSR count). The second kappa shape index (κ2) is 5.59. The van der Waals surface area contributed by atoms with Crippen molar-refractivity contribution in [2.75, 3.05) is 4.90 Å². The van der Waals surface area contributed by atoms with E-state index in [9.17, 15) is 19.7 Å². The van der Waals surface area contributed by atoms with Gasteiger partial charge in [-0.1, -0.05) is 24.3 Å². The van der Waals surface area contributed by atoms with Gasteiger partial charge in [0.15, 0.2) is 0 Å². The van der Waals surface area contributed by atoms with E-state index in [2.05, 4.69) is 0 Å². The number of non-ortho nitro benzene ring substituents is 1. The zero-order chi connectivity index (χ0) is 18.7. The van der Waals surface area contributed by atoms with Crippen molar-refractivity contribution in [3.63, 3.8) is 0 Å². The average molecular weight is 362 g/mol. The van der Waals surface area contributed by atoms with E-state index in [1.54, 1.807) is 36.4 Å². The number of ether oxygens (including phenoxy) is 1. The number of nitro benzene ring substituents is 1. The van der Waals surface area contributed by atoms with E-state index < -0.39 is 16.8 Å². The zero-order valence-electron chi connectivity index (χ0n) is 14.0. The third-order valence-corrected chi connectivity index (χ3v) is 5.45. The fourth-order valence-corrected chi connectivity index (χ4v) is 4.14. The summed E-state index contributed by atoms with van der Waals surface area (Å²) in [5.74, 6) is -1.29. The number of carbonyl (C=O) groups excluding carboxylic acids is 2. The van der Waals surface area contributed by atoms with E-state index in [1.807, 2.05) is 12.2 Å². The number of fused-ring (bicyclic) bond motifs is 5. The highest BCUT2D eigenvalue weighted by Crippen LogP contribution is 2.46. The molecule has 0 aromatic heterocycles.